The molecule has 2 aromatic carbocycles. The Morgan fingerprint density at radius 2 is 1.80 bits per heavy atom. The van der Waals surface area contributed by atoms with Gasteiger partial charge in [0.1, 0.15) is 5.56 Å². The summed E-state index contributed by atoms with van der Waals surface area (Å²) < 4.78 is 69.5. The normalized spacial score (nSPS) is 11.7. The molecular formula is C22H15F5N4O3S. The van der Waals surface area contributed by atoms with Gasteiger partial charge in [-0.3, -0.25) is 18.7 Å². The number of fused-ring (bicyclic) bond motifs is 1. The number of rotatable bonds is 4. The van der Waals surface area contributed by atoms with Gasteiger partial charge in [0, 0.05) is 25.0 Å². The van der Waals surface area contributed by atoms with Gasteiger partial charge in [0.05, 0.1) is 23.0 Å². The molecule has 2 aromatic heterocycles. The van der Waals surface area contributed by atoms with Crippen LogP contribution >= 0.6 is 11.3 Å². The van der Waals surface area contributed by atoms with Crippen LogP contribution in [0.2, 0.25) is 0 Å². The number of hydrogen-bond acceptors (Lipinski definition) is 5. The Kier molecular flexibility index (Phi) is 6.05. The maximum atomic E-state index is 13.9. The molecule has 1 N–H and O–H groups in total. The second-order valence-corrected chi connectivity index (χ2v) is 8.42. The molecule has 0 aliphatic heterocycles. The zero-order valence-electron chi connectivity index (χ0n) is 18.0. The van der Waals surface area contributed by atoms with Crippen molar-refractivity contribution >= 4 is 33.3 Å². The van der Waals surface area contributed by atoms with Crippen molar-refractivity contribution in [1.29, 1.82) is 0 Å². The van der Waals surface area contributed by atoms with E-state index in [1.165, 1.54) is 30.1 Å². The standard InChI is InChI=1S/C22H15F5N4O3S/c1-30-14-5-3-4-10(16(14)19(33)31(2)21(30)34)8-15(32)29-20-28-13(9-35-20)11-6-7-12(23)18(24)17(11)22(25,26)27/h3-7,9H,8H2,1-2H3,(H,28,29,32). The maximum Gasteiger partial charge on any atom is 0.419 e. The lowest BCUT2D eigenvalue weighted by molar-refractivity contribution is -0.139. The molecule has 4 rings (SSSR count). The van der Waals surface area contributed by atoms with E-state index < -0.39 is 46.1 Å². The number of nitrogens with one attached hydrogen (secondary N) is 1. The predicted molar refractivity (Wildman–Crippen MR) is 119 cm³/mol. The van der Waals surface area contributed by atoms with Gasteiger partial charge in [-0.25, -0.2) is 18.6 Å². The minimum atomic E-state index is -5.17. The Morgan fingerprint density at radius 1 is 1.09 bits per heavy atom. The number of aryl methyl sites for hydroxylation is 1. The molecule has 0 aliphatic rings. The van der Waals surface area contributed by atoms with E-state index in [9.17, 15) is 36.3 Å². The number of aromatic nitrogens is 3. The number of amides is 1. The van der Waals surface area contributed by atoms with Crippen molar-refractivity contribution in [2.75, 3.05) is 5.32 Å². The minimum absolute atomic E-state index is 0.0802. The highest BCUT2D eigenvalue weighted by atomic mass is 32.1. The van der Waals surface area contributed by atoms with E-state index in [4.69, 9.17) is 0 Å². The second-order valence-electron chi connectivity index (χ2n) is 7.56. The van der Waals surface area contributed by atoms with E-state index in [0.29, 0.717) is 17.1 Å². The van der Waals surface area contributed by atoms with Crippen LogP contribution in [0.25, 0.3) is 22.2 Å². The molecule has 35 heavy (non-hydrogen) atoms. The van der Waals surface area contributed by atoms with Crippen LogP contribution in [0.4, 0.5) is 27.1 Å². The smallest absolute Gasteiger partial charge is 0.302 e. The van der Waals surface area contributed by atoms with E-state index in [2.05, 4.69) is 10.3 Å². The zero-order valence-corrected chi connectivity index (χ0v) is 18.9. The summed E-state index contributed by atoms with van der Waals surface area (Å²) in [5, 5.41) is 3.69. The van der Waals surface area contributed by atoms with Gasteiger partial charge in [-0.05, 0) is 23.8 Å². The lowest BCUT2D eigenvalue weighted by Crippen LogP contribution is -2.37. The van der Waals surface area contributed by atoms with Crippen LogP contribution < -0.4 is 16.6 Å². The number of alkyl halides is 3. The van der Waals surface area contributed by atoms with Crippen molar-refractivity contribution in [3.8, 4) is 11.3 Å². The van der Waals surface area contributed by atoms with Crippen molar-refractivity contribution in [3.63, 3.8) is 0 Å². The molecule has 0 saturated carbocycles. The molecule has 0 unspecified atom stereocenters. The first-order valence-corrected chi connectivity index (χ1v) is 10.8. The molecule has 7 nitrogen and oxygen atoms in total. The molecule has 4 aromatic rings. The van der Waals surface area contributed by atoms with Crippen LogP contribution in [0.5, 0.6) is 0 Å². The fourth-order valence-electron chi connectivity index (χ4n) is 3.68. The molecule has 0 saturated heterocycles. The first kappa shape index (κ1) is 24.3. The van der Waals surface area contributed by atoms with Gasteiger partial charge < -0.3 is 5.32 Å². The quantitative estimate of drug-likeness (QED) is 0.423. The van der Waals surface area contributed by atoms with Crippen LogP contribution in [0.3, 0.4) is 0 Å². The Bertz CT molecular complexity index is 1600. The molecule has 0 bridgehead atoms. The van der Waals surface area contributed by atoms with Gasteiger partial charge in [0.25, 0.3) is 5.56 Å². The zero-order chi connectivity index (χ0) is 25.7. The largest absolute Gasteiger partial charge is 0.419 e. The molecule has 2 heterocycles. The number of anilines is 1. The third-order valence-corrected chi connectivity index (χ3v) is 6.10. The highest BCUT2D eigenvalue weighted by Crippen LogP contribution is 2.40. The molecule has 1 amide bonds. The minimum Gasteiger partial charge on any atom is -0.302 e. The maximum absolute atomic E-state index is 13.9. The van der Waals surface area contributed by atoms with Crippen molar-refractivity contribution in [2.45, 2.75) is 12.6 Å². The first-order valence-electron chi connectivity index (χ1n) is 9.88. The summed E-state index contributed by atoms with van der Waals surface area (Å²) in [6.07, 6.45) is -5.46. The summed E-state index contributed by atoms with van der Waals surface area (Å²) in [5.74, 6) is -4.32. The molecule has 0 spiro atoms. The molecule has 13 heteroatoms. The number of carbonyl (C=O) groups excluding carboxylic acids is 1. The molecule has 0 aliphatic carbocycles. The second kappa shape index (κ2) is 8.73. The van der Waals surface area contributed by atoms with Gasteiger partial charge in [-0.15, -0.1) is 11.3 Å². The average Bonchev–Trinajstić information content (AvgIpc) is 3.25. The van der Waals surface area contributed by atoms with E-state index >= 15 is 0 Å². The molecule has 0 radical (unpaired) electrons. The lowest BCUT2D eigenvalue weighted by Gasteiger charge is -2.12. The average molecular weight is 510 g/mol. The number of halogens is 5. The number of nitrogens with zero attached hydrogens (tertiary/aromatic N) is 3. The Balaban J connectivity index is 1.64. The van der Waals surface area contributed by atoms with Crippen molar-refractivity contribution in [3.05, 3.63) is 79.3 Å². The SMILES string of the molecule is Cn1c(=O)c2c(CC(=O)Nc3nc(-c4ccc(F)c(F)c4C(F)(F)F)cs3)cccc2n(C)c1=O. The van der Waals surface area contributed by atoms with E-state index in [1.54, 1.807) is 12.1 Å². The first-order chi connectivity index (χ1) is 16.4. The monoisotopic (exact) mass is 510 g/mol. The van der Waals surface area contributed by atoms with Gasteiger partial charge >= 0.3 is 11.9 Å². The Hall–Kier alpha value is -3.87. The molecule has 0 atom stereocenters. The fraction of sp³-hybridized carbons (Fsp3) is 0.182. The molecule has 0 fully saturated rings. The number of benzene rings is 2. The van der Waals surface area contributed by atoms with Crippen LogP contribution in [0.1, 0.15) is 11.1 Å². The van der Waals surface area contributed by atoms with E-state index in [0.717, 1.165) is 22.0 Å². The van der Waals surface area contributed by atoms with E-state index in [-0.39, 0.29) is 22.6 Å². The van der Waals surface area contributed by atoms with Crippen molar-refractivity contribution < 1.29 is 26.7 Å². The van der Waals surface area contributed by atoms with E-state index in [1.807, 2.05) is 0 Å². The third kappa shape index (κ3) is 4.34. The Labute approximate surface area is 197 Å². The van der Waals surface area contributed by atoms with Gasteiger partial charge in [0.15, 0.2) is 16.8 Å². The fourth-order valence-corrected chi connectivity index (χ4v) is 4.40. The van der Waals surface area contributed by atoms with Crippen LogP contribution in [0.15, 0.2) is 45.3 Å². The third-order valence-electron chi connectivity index (χ3n) is 5.34. The Morgan fingerprint density at radius 3 is 2.49 bits per heavy atom. The predicted octanol–water partition coefficient (Wildman–Crippen LogP) is 3.84. The van der Waals surface area contributed by atoms with Crippen LogP contribution in [-0.2, 0) is 31.5 Å². The van der Waals surface area contributed by atoms with Gasteiger partial charge in [-0.2, -0.15) is 13.2 Å². The number of hydrogen-bond donors (Lipinski definition) is 1. The number of carbonyl (C=O) groups is 1. The van der Waals surface area contributed by atoms with Crippen molar-refractivity contribution in [1.82, 2.24) is 14.1 Å². The summed E-state index contributed by atoms with van der Waals surface area (Å²) >= 11 is 0.788. The summed E-state index contributed by atoms with van der Waals surface area (Å²) in [6.45, 7) is 0. The molecular weight excluding hydrogens is 495 g/mol. The number of thiazole rings is 1. The van der Waals surface area contributed by atoms with Crippen LogP contribution in [-0.4, -0.2) is 20.0 Å². The summed E-state index contributed by atoms with van der Waals surface area (Å²) in [4.78, 5) is 41.3. The van der Waals surface area contributed by atoms with Gasteiger partial charge in [0.2, 0.25) is 5.91 Å². The summed E-state index contributed by atoms with van der Waals surface area (Å²) in [5.41, 5.74) is -3.23. The highest BCUT2D eigenvalue weighted by Gasteiger charge is 2.39. The van der Waals surface area contributed by atoms with Crippen LogP contribution in [0, 0.1) is 11.6 Å². The summed E-state index contributed by atoms with van der Waals surface area (Å²) in [7, 11) is 2.80. The summed E-state index contributed by atoms with van der Waals surface area (Å²) in [6, 6.07) is 6.00. The topological polar surface area (TPSA) is 86.0 Å². The van der Waals surface area contributed by atoms with Crippen molar-refractivity contribution in [2.24, 2.45) is 14.1 Å². The highest BCUT2D eigenvalue weighted by molar-refractivity contribution is 7.14. The lowest BCUT2D eigenvalue weighted by atomic mass is 10.0. The van der Waals surface area contributed by atoms with Gasteiger partial charge in [-0.1, -0.05) is 12.1 Å². The molecule has 182 valence electrons.